The van der Waals surface area contributed by atoms with Crippen LogP contribution in [0.25, 0.3) is 0 Å². The zero-order chi connectivity index (χ0) is 25.2. The molecule has 0 N–H and O–H groups in total. The number of benzene rings is 1. The van der Waals surface area contributed by atoms with Gasteiger partial charge in [-0.05, 0) is 97.2 Å². The molecule has 4 aromatic rings. The molecule has 0 spiro atoms. The fourth-order valence-electron chi connectivity index (χ4n) is 3.14. The second-order valence-corrected chi connectivity index (χ2v) is 8.90. The van der Waals surface area contributed by atoms with Crippen LogP contribution in [0.1, 0.15) is 48.1 Å². The van der Waals surface area contributed by atoms with Gasteiger partial charge in [-0.1, -0.05) is 30.8 Å². The predicted molar refractivity (Wildman–Crippen MR) is 141 cm³/mol. The van der Waals surface area contributed by atoms with Gasteiger partial charge in [-0.15, -0.1) is 0 Å². The van der Waals surface area contributed by atoms with Crippen molar-refractivity contribution >= 4 is 17.7 Å². The molecule has 0 aliphatic carbocycles. The van der Waals surface area contributed by atoms with Crippen LogP contribution in [0.5, 0.6) is 5.75 Å². The Bertz CT molecular complexity index is 1410. The Balaban J connectivity index is 1.63. The third-order valence-electron chi connectivity index (χ3n) is 4.83. The zero-order valence-corrected chi connectivity index (χ0v) is 20.8. The highest BCUT2D eigenvalue weighted by Gasteiger charge is 2.09. The van der Waals surface area contributed by atoms with E-state index < -0.39 is 0 Å². The van der Waals surface area contributed by atoms with Crippen LogP contribution < -0.4 is 4.74 Å². The summed E-state index contributed by atoms with van der Waals surface area (Å²) >= 11 is 1.56. The molecular formula is C30H23N3O2S. The van der Waals surface area contributed by atoms with Gasteiger partial charge in [0, 0.05) is 28.6 Å². The molecule has 0 aliphatic rings. The Morgan fingerprint density at radius 2 is 1.42 bits per heavy atom. The van der Waals surface area contributed by atoms with Gasteiger partial charge in [0.25, 0.3) is 0 Å². The summed E-state index contributed by atoms with van der Waals surface area (Å²) in [5.74, 6) is 12.7. The molecular weight excluding hydrogens is 466 g/mol. The van der Waals surface area contributed by atoms with Crippen molar-refractivity contribution in [1.29, 1.82) is 0 Å². The Hall–Kier alpha value is -4.39. The third kappa shape index (κ3) is 7.30. The van der Waals surface area contributed by atoms with Crippen molar-refractivity contribution in [3.8, 4) is 29.4 Å². The van der Waals surface area contributed by atoms with Crippen molar-refractivity contribution in [3.05, 3.63) is 107 Å². The highest BCUT2D eigenvalue weighted by Crippen LogP contribution is 2.32. The Kier molecular flexibility index (Phi) is 8.48. The fraction of sp³-hybridized carbons (Fsp3) is 0.133. The first kappa shape index (κ1) is 24.7. The first-order chi connectivity index (χ1) is 17.6. The third-order valence-corrected chi connectivity index (χ3v) is 5.79. The van der Waals surface area contributed by atoms with Crippen LogP contribution in [-0.2, 0) is 4.79 Å². The molecule has 4 rings (SSSR count). The molecule has 0 fully saturated rings. The number of hydrogen-bond donors (Lipinski definition) is 0. The lowest BCUT2D eigenvalue weighted by Crippen LogP contribution is -2.07. The van der Waals surface area contributed by atoms with E-state index in [0.717, 1.165) is 21.8 Å². The maximum Gasteiger partial charge on any atom is 0.311 e. The number of esters is 1. The lowest BCUT2D eigenvalue weighted by molar-refractivity contribution is -0.134. The molecule has 0 amide bonds. The van der Waals surface area contributed by atoms with E-state index in [1.54, 1.807) is 24.2 Å². The van der Waals surface area contributed by atoms with Gasteiger partial charge in [-0.25, -0.2) is 15.0 Å². The largest absolute Gasteiger partial charge is 0.426 e. The van der Waals surface area contributed by atoms with E-state index in [-0.39, 0.29) is 5.97 Å². The summed E-state index contributed by atoms with van der Waals surface area (Å²) in [7, 11) is 0. The molecule has 0 saturated carbocycles. The molecule has 36 heavy (non-hydrogen) atoms. The molecule has 176 valence electrons. The number of pyridine rings is 3. The summed E-state index contributed by atoms with van der Waals surface area (Å²) in [6.45, 7) is 3.88. The van der Waals surface area contributed by atoms with E-state index >= 15 is 0 Å². The smallest absolute Gasteiger partial charge is 0.311 e. The van der Waals surface area contributed by atoms with Crippen LogP contribution in [-0.4, -0.2) is 20.9 Å². The first-order valence-corrected chi connectivity index (χ1v) is 12.3. The molecule has 1 aromatic carbocycles. The monoisotopic (exact) mass is 489 g/mol. The van der Waals surface area contributed by atoms with Crippen LogP contribution in [0.15, 0.2) is 88.9 Å². The van der Waals surface area contributed by atoms with Gasteiger partial charge in [0.05, 0.1) is 0 Å². The summed E-state index contributed by atoms with van der Waals surface area (Å²) in [5, 5.41) is 0. The minimum absolute atomic E-state index is 0.220. The lowest BCUT2D eigenvalue weighted by atomic mass is 10.2. The predicted octanol–water partition coefficient (Wildman–Crippen LogP) is 5.84. The molecule has 5 nitrogen and oxygen atoms in total. The Morgan fingerprint density at radius 3 is 1.94 bits per heavy atom. The topological polar surface area (TPSA) is 65.0 Å². The summed E-state index contributed by atoms with van der Waals surface area (Å²) in [4.78, 5) is 26.9. The summed E-state index contributed by atoms with van der Waals surface area (Å²) in [6, 6.07) is 20.8. The van der Waals surface area contributed by atoms with Gasteiger partial charge in [-0.2, -0.15) is 0 Å². The van der Waals surface area contributed by atoms with Crippen molar-refractivity contribution in [2.45, 2.75) is 36.5 Å². The molecule has 0 radical (unpaired) electrons. The maximum absolute atomic E-state index is 11.9. The van der Waals surface area contributed by atoms with Crippen molar-refractivity contribution in [2.75, 3.05) is 0 Å². The molecule has 6 heteroatoms. The van der Waals surface area contributed by atoms with Crippen molar-refractivity contribution in [1.82, 2.24) is 15.0 Å². The molecule has 3 aromatic heterocycles. The van der Waals surface area contributed by atoms with Gasteiger partial charge < -0.3 is 4.74 Å². The number of carbonyl (C=O) groups is 1. The number of aromatic nitrogens is 3. The Labute approximate surface area is 215 Å². The number of ether oxygens (including phenoxy) is 1. The van der Waals surface area contributed by atoms with E-state index in [1.165, 1.54) is 0 Å². The van der Waals surface area contributed by atoms with E-state index in [9.17, 15) is 4.79 Å². The number of aryl methyl sites for hydroxylation is 1. The average Bonchev–Trinajstić information content (AvgIpc) is 2.89. The van der Waals surface area contributed by atoms with E-state index in [2.05, 4.69) is 38.6 Å². The van der Waals surface area contributed by atoms with Gasteiger partial charge in [0.2, 0.25) is 0 Å². The minimum Gasteiger partial charge on any atom is -0.426 e. The van der Waals surface area contributed by atoms with Crippen LogP contribution in [0.3, 0.4) is 0 Å². The van der Waals surface area contributed by atoms with Gasteiger partial charge in [0.1, 0.15) is 28.5 Å². The Morgan fingerprint density at radius 1 is 0.806 bits per heavy atom. The van der Waals surface area contributed by atoms with Gasteiger partial charge in [-0.3, -0.25) is 4.79 Å². The maximum atomic E-state index is 11.9. The van der Waals surface area contributed by atoms with Crippen molar-refractivity contribution in [3.63, 3.8) is 0 Å². The molecule has 3 heterocycles. The lowest BCUT2D eigenvalue weighted by Gasteiger charge is -2.09. The second-order valence-electron chi connectivity index (χ2n) is 7.76. The molecule has 0 atom stereocenters. The van der Waals surface area contributed by atoms with E-state index in [0.29, 0.717) is 34.9 Å². The number of hydrogen-bond acceptors (Lipinski definition) is 6. The van der Waals surface area contributed by atoms with Crippen LogP contribution >= 0.6 is 11.8 Å². The minimum atomic E-state index is -0.220. The highest BCUT2D eigenvalue weighted by atomic mass is 32.2. The van der Waals surface area contributed by atoms with Gasteiger partial charge >= 0.3 is 5.97 Å². The van der Waals surface area contributed by atoms with E-state index in [4.69, 9.17) is 4.74 Å². The van der Waals surface area contributed by atoms with Crippen LogP contribution in [0, 0.1) is 30.6 Å². The summed E-state index contributed by atoms with van der Waals surface area (Å²) in [6.07, 6.45) is 4.57. The van der Waals surface area contributed by atoms with Crippen molar-refractivity contribution < 1.29 is 9.53 Å². The van der Waals surface area contributed by atoms with Crippen LogP contribution in [0.2, 0.25) is 0 Å². The van der Waals surface area contributed by atoms with Crippen molar-refractivity contribution in [2.24, 2.45) is 0 Å². The molecule has 0 unspecified atom stereocenters. The molecule has 0 bridgehead atoms. The molecule has 0 saturated heterocycles. The van der Waals surface area contributed by atoms with E-state index in [1.807, 2.05) is 80.6 Å². The SMILES string of the molecule is CCCC(=O)Oc1ccc(Sc2cc(C#Cc3ccccn3)nc(C#Cc3ccccn3)c2)cc1C. The highest BCUT2D eigenvalue weighted by molar-refractivity contribution is 7.99. The quantitative estimate of drug-likeness (QED) is 0.199. The second kappa shape index (κ2) is 12.4. The van der Waals surface area contributed by atoms with Gasteiger partial charge in [0.15, 0.2) is 0 Å². The molecule has 0 aliphatic heterocycles. The number of nitrogens with zero attached hydrogens (tertiary/aromatic N) is 3. The zero-order valence-electron chi connectivity index (χ0n) is 20.0. The first-order valence-electron chi connectivity index (χ1n) is 11.5. The average molecular weight is 490 g/mol. The van der Waals surface area contributed by atoms with Crippen LogP contribution in [0.4, 0.5) is 0 Å². The summed E-state index contributed by atoms with van der Waals surface area (Å²) in [5.41, 5.74) is 3.42. The summed E-state index contributed by atoms with van der Waals surface area (Å²) < 4.78 is 5.47. The number of carbonyl (C=O) groups excluding carboxylic acids is 1. The fourth-order valence-corrected chi connectivity index (χ4v) is 4.12. The number of rotatable bonds is 5. The standard InChI is InChI=1S/C30H23N3O2S/c1-3-8-30(34)35-29-16-15-27(19-22(29)2)36-28-20-25(13-11-23-9-4-6-17-31-23)33-26(21-28)14-12-24-10-5-7-18-32-24/h4-7,9-10,15-21H,3,8H2,1-2H3. The normalized spacial score (nSPS) is 9.94.